The van der Waals surface area contributed by atoms with Crippen LogP contribution in [-0.4, -0.2) is 52.2 Å². The van der Waals surface area contributed by atoms with Crippen molar-refractivity contribution in [3.8, 4) is 0 Å². The molecule has 19 heavy (non-hydrogen) atoms. The van der Waals surface area contributed by atoms with Gasteiger partial charge in [0.1, 0.15) is 5.56 Å². The van der Waals surface area contributed by atoms with Gasteiger partial charge in [0.2, 0.25) is 0 Å². The molecule has 0 radical (unpaired) electrons. The third kappa shape index (κ3) is 3.49. The summed E-state index contributed by atoms with van der Waals surface area (Å²) in [7, 11) is 0. The quantitative estimate of drug-likeness (QED) is 0.571. The van der Waals surface area contributed by atoms with Crippen LogP contribution in [0, 0.1) is 17.0 Å². The van der Waals surface area contributed by atoms with E-state index >= 15 is 0 Å². The van der Waals surface area contributed by atoms with Gasteiger partial charge in [-0.1, -0.05) is 12.1 Å². The van der Waals surface area contributed by atoms with Crippen LogP contribution in [0.15, 0.2) is 18.2 Å². The molecule has 2 N–H and O–H groups in total. The molecule has 0 aliphatic carbocycles. The average Bonchev–Trinajstić information content (AvgIpc) is 2.37. The van der Waals surface area contributed by atoms with Gasteiger partial charge in [-0.15, -0.1) is 0 Å². The fourth-order valence-corrected chi connectivity index (χ4v) is 1.80. The van der Waals surface area contributed by atoms with Crippen molar-refractivity contribution in [2.45, 2.75) is 6.92 Å². The van der Waals surface area contributed by atoms with Crippen LogP contribution in [0.25, 0.3) is 0 Å². The molecule has 0 saturated heterocycles. The maximum Gasteiger partial charge on any atom is 0.285 e. The van der Waals surface area contributed by atoms with Gasteiger partial charge in [0, 0.05) is 18.7 Å². The molecule has 7 nitrogen and oxygen atoms in total. The molecule has 1 amide bonds. The first-order valence-corrected chi connectivity index (χ1v) is 5.78. The highest BCUT2D eigenvalue weighted by Crippen LogP contribution is 2.24. The Hall–Kier alpha value is -1.99. The van der Waals surface area contributed by atoms with Gasteiger partial charge in [-0.25, -0.2) is 0 Å². The van der Waals surface area contributed by atoms with Crippen molar-refractivity contribution in [3.05, 3.63) is 39.4 Å². The van der Waals surface area contributed by atoms with Crippen LogP contribution in [0.1, 0.15) is 15.9 Å². The number of hydrogen-bond donors (Lipinski definition) is 2. The van der Waals surface area contributed by atoms with E-state index in [4.69, 9.17) is 10.2 Å². The van der Waals surface area contributed by atoms with Crippen molar-refractivity contribution in [1.29, 1.82) is 0 Å². The van der Waals surface area contributed by atoms with E-state index in [9.17, 15) is 14.9 Å². The summed E-state index contributed by atoms with van der Waals surface area (Å²) in [6.45, 7) is 1.04. The second kappa shape index (κ2) is 6.81. The Bertz CT molecular complexity index is 469. The lowest BCUT2D eigenvalue weighted by Crippen LogP contribution is -2.36. The molecule has 0 atom stereocenters. The van der Waals surface area contributed by atoms with E-state index in [2.05, 4.69) is 0 Å². The molecule has 104 valence electrons. The van der Waals surface area contributed by atoms with E-state index in [0.717, 1.165) is 0 Å². The van der Waals surface area contributed by atoms with Crippen LogP contribution in [0.5, 0.6) is 0 Å². The third-order valence-electron chi connectivity index (χ3n) is 2.68. The van der Waals surface area contributed by atoms with Crippen molar-refractivity contribution < 1.29 is 19.9 Å². The van der Waals surface area contributed by atoms with Gasteiger partial charge in [-0.05, 0) is 13.0 Å². The molecule has 1 rings (SSSR count). The largest absolute Gasteiger partial charge is 0.395 e. The summed E-state index contributed by atoms with van der Waals surface area (Å²) in [6.07, 6.45) is 0. The molecule has 0 unspecified atom stereocenters. The van der Waals surface area contributed by atoms with Gasteiger partial charge < -0.3 is 15.1 Å². The minimum atomic E-state index is -0.599. The Balaban J connectivity index is 3.17. The standard InChI is InChI=1S/C12H16N2O5/c1-9-3-2-4-10(11(9)14(18)19)12(17)13(5-7-15)6-8-16/h2-4,15-16H,5-8H2,1H3. The summed E-state index contributed by atoms with van der Waals surface area (Å²) >= 11 is 0. The number of carbonyl (C=O) groups excluding carboxylic acids is 1. The first-order valence-electron chi connectivity index (χ1n) is 5.78. The molecule has 0 spiro atoms. The number of rotatable bonds is 6. The van der Waals surface area contributed by atoms with Gasteiger partial charge in [-0.2, -0.15) is 0 Å². The second-order valence-corrected chi connectivity index (χ2v) is 3.97. The zero-order valence-corrected chi connectivity index (χ0v) is 10.6. The zero-order valence-electron chi connectivity index (χ0n) is 10.6. The lowest BCUT2D eigenvalue weighted by molar-refractivity contribution is -0.385. The van der Waals surface area contributed by atoms with Crippen LogP contribution >= 0.6 is 0 Å². The van der Waals surface area contributed by atoms with Crippen LogP contribution in [0.4, 0.5) is 5.69 Å². The third-order valence-corrected chi connectivity index (χ3v) is 2.68. The number of aryl methyl sites for hydroxylation is 1. The first kappa shape index (κ1) is 15.1. The lowest BCUT2D eigenvalue weighted by atomic mass is 10.1. The molecule has 0 aliphatic heterocycles. The highest BCUT2D eigenvalue weighted by molar-refractivity contribution is 5.98. The number of nitro benzene ring substituents is 1. The molecular weight excluding hydrogens is 252 g/mol. The Morgan fingerprint density at radius 3 is 2.37 bits per heavy atom. The van der Waals surface area contributed by atoms with E-state index in [-0.39, 0.29) is 37.6 Å². The number of hydrogen-bond acceptors (Lipinski definition) is 5. The zero-order chi connectivity index (χ0) is 14.4. The number of nitrogens with zero attached hydrogens (tertiary/aromatic N) is 2. The van der Waals surface area contributed by atoms with Crippen LogP contribution in [-0.2, 0) is 0 Å². The smallest absolute Gasteiger partial charge is 0.285 e. The number of para-hydroxylation sites is 1. The summed E-state index contributed by atoms with van der Waals surface area (Å²) in [5.41, 5.74) is 0.115. The minimum absolute atomic E-state index is 0.0183. The molecule has 0 fully saturated rings. The number of amides is 1. The number of aliphatic hydroxyl groups is 2. The summed E-state index contributed by atoms with van der Waals surface area (Å²) in [4.78, 5) is 23.8. The second-order valence-electron chi connectivity index (χ2n) is 3.97. The van der Waals surface area contributed by atoms with Crippen molar-refractivity contribution in [1.82, 2.24) is 4.90 Å². The summed E-state index contributed by atoms with van der Waals surface area (Å²) < 4.78 is 0. The Kier molecular flexibility index (Phi) is 5.40. The number of aliphatic hydroxyl groups excluding tert-OH is 2. The number of benzene rings is 1. The molecule has 0 bridgehead atoms. The van der Waals surface area contributed by atoms with E-state index in [1.165, 1.54) is 11.0 Å². The van der Waals surface area contributed by atoms with E-state index in [1.807, 2.05) is 0 Å². The Labute approximate surface area is 110 Å². The molecule has 0 saturated carbocycles. The first-order chi connectivity index (χ1) is 9.02. The molecule has 1 aromatic rings. The van der Waals surface area contributed by atoms with Gasteiger partial charge in [0.15, 0.2) is 0 Å². The van der Waals surface area contributed by atoms with E-state index < -0.39 is 10.8 Å². The van der Waals surface area contributed by atoms with Crippen molar-refractivity contribution >= 4 is 11.6 Å². The monoisotopic (exact) mass is 268 g/mol. The topological polar surface area (TPSA) is 104 Å². The SMILES string of the molecule is Cc1cccc(C(=O)N(CCO)CCO)c1[N+](=O)[O-]. The fourth-order valence-electron chi connectivity index (χ4n) is 1.80. The maximum atomic E-state index is 12.2. The van der Waals surface area contributed by atoms with Crippen LogP contribution in [0.2, 0.25) is 0 Å². The van der Waals surface area contributed by atoms with Gasteiger partial charge in [-0.3, -0.25) is 14.9 Å². The van der Waals surface area contributed by atoms with Crippen LogP contribution < -0.4 is 0 Å². The molecule has 0 aliphatic rings. The predicted octanol–water partition coefficient (Wildman–Crippen LogP) is 0.330. The maximum absolute atomic E-state index is 12.2. The summed E-state index contributed by atoms with van der Waals surface area (Å²) in [6, 6.07) is 4.48. The van der Waals surface area contributed by atoms with E-state index in [1.54, 1.807) is 19.1 Å². The van der Waals surface area contributed by atoms with Crippen molar-refractivity contribution in [2.75, 3.05) is 26.3 Å². The number of carbonyl (C=O) groups is 1. The minimum Gasteiger partial charge on any atom is -0.395 e. The summed E-state index contributed by atoms with van der Waals surface area (Å²) in [5, 5.41) is 28.8. The Morgan fingerprint density at radius 2 is 1.89 bits per heavy atom. The van der Waals surface area contributed by atoms with Crippen molar-refractivity contribution in [2.24, 2.45) is 0 Å². The molecule has 1 aromatic carbocycles. The molecule has 0 heterocycles. The molecule has 7 heteroatoms. The molecule has 0 aromatic heterocycles. The lowest BCUT2D eigenvalue weighted by Gasteiger charge is -2.20. The highest BCUT2D eigenvalue weighted by Gasteiger charge is 2.25. The normalized spacial score (nSPS) is 10.3. The van der Waals surface area contributed by atoms with Crippen LogP contribution in [0.3, 0.4) is 0 Å². The number of nitro groups is 1. The summed E-state index contributed by atoms with van der Waals surface area (Å²) in [5.74, 6) is -0.571. The van der Waals surface area contributed by atoms with Gasteiger partial charge in [0.05, 0.1) is 18.1 Å². The molecular formula is C12H16N2O5. The predicted molar refractivity (Wildman–Crippen MR) is 67.9 cm³/mol. The Morgan fingerprint density at radius 1 is 1.32 bits per heavy atom. The van der Waals surface area contributed by atoms with Crippen molar-refractivity contribution in [3.63, 3.8) is 0 Å². The van der Waals surface area contributed by atoms with E-state index in [0.29, 0.717) is 5.56 Å². The average molecular weight is 268 g/mol. The fraction of sp³-hybridized carbons (Fsp3) is 0.417. The van der Waals surface area contributed by atoms with Gasteiger partial charge in [0.25, 0.3) is 11.6 Å². The van der Waals surface area contributed by atoms with Gasteiger partial charge >= 0.3 is 0 Å². The highest BCUT2D eigenvalue weighted by atomic mass is 16.6.